The number of nitrogens with zero attached hydrogens (tertiary/aromatic N) is 5. The number of aromatic nitrogens is 4. The number of carbonyl (C=O) groups is 1. The van der Waals surface area contributed by atoms with Crippen molar-refractivity contribution in [2.45, 2.75) is 32.2 Å². The Morgan fingerprint density at radius 1 is 1.35 bits per heavy atom. The molecule has 3 rings (SSSR count). The smallest absolute Gasteiger partial charge is 0.317 e. The number of benzene rings is 1. The molecule has 1 atom stereocenters. The minimum Gasteiger partial charge on any atom is -0.334 e. The van der Waals surface area contributed by atoms with E-state index in [1.54, 1.807) is 4.68 Å². The Balaban J connectivity index is 1.56. The minimum absolute atomic E-state index is 0.0228. The van der Waals surface area contributed by atoms with Crippen LogP contribution in [0.2, 0.25) is 0 Å². The monoisotopic (exact) mass is 314 g/mol. The highest BCUT2D eigenvalue weighted by Gasteiger charge is 2.27. The molecule has 1 aliphatic rings. The van der Waals surface area contributed by atoms with Crippen molar-refractivity contribution in [3.8, 4) is 0 Å². The Labute approximate surface area is 135 Å². The van der Waals surface area contributed by atoms with E-state index in [0.717, 1.165) is 30.8 Å². The molecule has 0 bridgehead atoms. The van der Waals surface area contributed by atoms with E-state index < -0.39 is 0 Å². The summed E-state index contributed by atoms with van der Waals surface area (Å²) >= 11 is 0. The lowest BCUT2D eigenvalue weighted by Gasteiger charge is -2.31. The number of hydrogen-bond acceptors (Lipinski definition) is 4. The van der Waals surface area contributed by atoms with Crippen molar-refractivity contribution in [1.82, 2.24) is 30.4 Å². The second-order valence-corrected chi connectivity index (χ2v) is 6.09. The van der Waals surface area contributed by atoms with Crippen LogP contribution in [0.3, 0.4) is 0 Å². The van der Waals surface area contributed by atoms with Gasteiger partial charge in [0.05, 0.1) is 0 Å². The fourth-order valence-electron chi connectivity index (χ4n) is 2.95. The molecule has 0 saturated carbocycles. The molecule has 7 heteroatoms. The van der Waals surface area contributed by atoms with E-state index in [-0.39, 0.29) is 11.9 Å². The van der Waals surface area contributed by atoms with E-state index in [1.807, 2.05) is 24.1 Å². The van der Waals surface area contributed by atoms with Gasteiger partial charge in [0.2, 0.25) is 0 Å². The van der Waals surface area contributed by atoms with Crippen molar-refractivity contribution in [2.75, 3.05) is 13.1 Å². The number of rotatable bonds is 3. The minimum atomic E-state index is -0.0228. The zero-order valence-corrected chi connectivity index (χ0v) is 13.6. The molecule has 1 aromatic heterocycles. The predicted octanol–water partition coefficient (Wildman–Crippen LogP) is 1.61. The molecule has 1 saturated heterocycles. The highest BCUT2D eigenvalue weighted by molar-refractivity contribution is 5.74. The molecule has 1 aliphatic heterocycles. The number of hydrogen-bond donors (Lipinski definition) is 1. The van der Waals surface area contributed by atoms with Gasteiger partial charge in [-0.1, -0.05) is 29.8 Å². The van der Waals surface area contributed by atoms with Gasteiger partial charge in [-0.15, -0.1) is 5.10 Å². The van der Waals surface area contributed by atoms with Crippen molar-refractivity contribution in [1.29, 1.82) is 0 Å². The number of carbonyl (C=O) groups excluding carboxylic acids is 1. The number of tetrazole rings is 1. The van der Waals surface area contributed by atoms with Crippen molar-refractivity contribution in [3.05, 3.63) is 41.2 Å². The van der Waals surface area contributed by atoms with Crippen molar-refractivity contribution in [3.63, 3.8) is 0 Å². The first-order valence-corrected chi connectivity index (χ1v) is 7.94. The van der Waals surface area contributed by atoms with Crippen LogP contribution in [0.15, 0.2) is 24.3 Å². The zero-order valence-electron chi connectivity index (χ0n) is 13.6. The average molecular weight is 314 g/mol. The number of piperidine rings is 1. The van der Waals surface area contributed by atoms with Gasteiger partial charge in [0.15, 0.2) is 5.82 Å². The molecule has 1 aromatic carbocycles. The third-order valence-electron chi connectivity index (χ3n) is 4.29. The molecule has 0 aliphatic carbocycles. The first kappa shape index (κ1) is 15.5. The summed E-state index contributed by atoms with van der Waals surface area (Å²) in [5.41, 5.74) is 2.33. The van der Waals surface area contributed by atoms with Crippen LogP contribution in [0.1, 0.15) is 35.7 Å². The summed E-state index contributed by atoms with van der Waals surface area (Å²) in [7, 11) is 1.84. The van der Waals surface area contributed by atoms with Crippen molar-refractivity contribution in [2.24, 2.45) is 7.05 Å². The molecule has 2 amide bonds. The summed E-state index contributed by atoms with van der Waals surface area (Å²) in [5, 5.41) is 14.7. The maximum absolute atomic E-state index is 12.4. The quantitative estimate of drug-likeness (QED) is 0.934. The van der Waals surface area contributed by atoms with Crippen LogP contribution in [0, 0.1) is 6.92 Å². The second-order valence-electron chi connectivity index (χ2n) is 6.09. The van der Waals surface area contributed by atoms with Gasteiger partial charge in [0.1, 0.15) is 0 Å². The fraction of sp³-hybridized carbons (Fsp3) is 0.500. The standard InChI is InChI=1S/C16H22N6O/c1-12-5-7-13(8-6-12)10-17-16(23)22-9-3-4-14(11-22)15-18-19-20-21(15)2/h5-8,14H,3-4,9-11H2,1-2H3,(H,17,23). The normalized spacial score (nSPS) is 18.0. The summed E-state index contributed by atoms with van der Waals surface area (Å²) in [6.45, 7) is 4.04. The lowest BCUT2D eigenvalue weighted by Crippen LogP contribution is -2.45. The third-order valence-corrected chi connectivity index (χ3v) is 4.29. The molecule has 122 valence electrons. The first-order chi connectivity index (χ1) is 11.1. The predicted molar refractivity (Wildman–Crippen MR) is 85.8 cm³/mol. The molecule has 1 N–H and O–H groups in total. The Kier molecular flexibility index (Phi) is 4.55. The van der Waals surface area contributed by atoms with E-state index in [9.17, 15) is 4.79 Å². The average Bonchev–Trinajstić information content (AvgIpc) is 3.00. The van der Waals surface area contributed by atoms with Crippen LogP contribution < -0.4 is 5.32 Å². The molecule has 1 fully saturated rings. The lowest BCUT2D eigenvalue weighted by atomic mass is 9.97. The maximum Gasteiger partial charge on any atom is 0.317 e. The summed E-state index contributed by atoms with van der Waals surface area (Å²) in [6, 6.07) is 8.17. The fourth-order valence-corrected chi connectivity index (χ4v) is 2.95. The van der Waals surface area contributed by atoms with Crippen LogP contribution in [0.4, 0.5) is 4.79 Å². The zero-order chi connectivity index (χ0) is 16.2. The molecule has 2 heterocycles. The van der Waals surface area contributed by atoms with Crippen molar-refractivity contribution >= 4 is 6.03 Å². The van der Waals surface area contributed by atoms with Gasteiger partial charge in [-0.25, -0.2) is 9.48 Å². The Hall–Kier alpha value is -2.44. The molecule has 7 nitrogen and oxygen atoms in total. The van der Waals surface area contributed by atoms with Crippen LogP contribution >= 0.6 is 0 Å². The second kappa shape index (κ2) is 6.76. The summed E-state index contributed by atoms with van der Waals surface area (Å²) in [6.07, 6.45) is 1.98. The van der Waals surface area contributed by atoms with Crippen LogP contribution in [0.25, 0.3) is 0 Å². The Morgan fingerprint density at radius 2 is 2.13 bits per heavy atom. The van der Waals surface area contributed by atoms with Gasteiger partial charge < -0.3 is 10.2 Å². The SMILES string of the molecule is Cc1ccc(CNC(=O)N2CCCC(c3nnnn3C)C2)cc1. The van der Waals surface area contributed by atoms with E-state index in [1.165, 1.54) is 5.56 Å². The third kappa shape index (κ3) is 3.67. The number of urea groups is 1. The van der Waals surface area contributed by atoms with Crippen LogP contribution in [-0.4, -0.2) is 44.2 Å². The Morgan fingerprint density at radius 3 is 2.83 bits per heavy atom. The van der Waals surface area contributed by atoms with E-state index in [0.29, 0.717) is 13.1 Å². The topological polar surface area (TPSA) is 75.9 Å². The van der Waals surface area contributed by atoms with Gasteiger partial charge in [-0.3, -0.25) is 0 Å². The van der Waals surface area contributed by atoms with Gasteiger partial charge in [-0.05, 0) is 35.8 Å². The summed E-state index contributed by atoms with van der Waals surface area (Å²) < 4.78 is 1.69. The van der Waals surface area contributed by atoms with Crippen LogP contribution in [-0.2, 0) is 13.6 Å². The van der Waals surface area contributed by atoms with E-state index in [2.05, 4.69) is 39.9 Å². The molecule has 2 aromatic rings. The highest BCUT2D eigenvalue weighted by atomic mass is 16.2. The molecular weight excluding hydrogens is 292 g/mol. The van der Waals surface area contributed by atoms with E-state index >= 15 is 0 Å². The molecule has 0 radical (unpaired) electrons. The summed E-state index contributed by atoms with van der Waals surface area (Å²) in [4.78, 5) is 14.3. The van der Waals surface area contributed by atoms with Gasteiger partial charge in [0.25, 0.3) is 0 Å². The Bertz CT molecular complexity index is 665. The largest absolute Gasteiger partial charge is 0.334 e. The van der Waals surface area contributed by atoms with E-state index in [4.69, 9.17) is 0 Å². The number of amides is 2. The molecular formula is C16H22N6O. The lowest BCUT2D eigenvalue weighted by molar-refractivity contribution is 0.177. The van der Waals surface area contributed by atoms with Gasteiger partial charge in [0, 0.05) is 32.6 Å². The number of likely N-dealkylation sites (tertiary alicyclic amines) is 1. The molecule has 1 unspecified atom stereocenters. The van der Waals surface area contributed by atoms with Gasteiger partial charge >= 0.3 is 6.03 Å². The maximum atomic E-state index is 12.4. The number of nitrogens with one attached hydrogen (secondary N) is 1. The molecule has 0 spiro atoms. The number of aryl methyl sites for hydroxylation is 2. The van der Waals surface area contributed by atoms with Gasteiger partial charge in [-0.2, -0.15) is 0 Å². The summed E-state index contributed by atoms with van der Waals surface area (Å²) in [5.74, 6) is 1.05. The van der Waals surface area contributed by atoms with Crippen molar-refractivity contribution < 1.29 is 4.79 Å². The molecule has 23 heavy (non-hydrogen) atoms. The first-order valence-electron chi connectivity index (χ1n) is 7.94. The highest BCUT2D eigenvalue weighted by Crippen LogP contribution is 2.24. The van der Waals surface area contributed by atoms with Crippen LogP contribution in [0.5, 0.6) is 0 Å².